The first-order valence-corrected chi connectivity index (χ1v) is 7.65. The highest BCUT2D eigenvalue weighted by atomic mass is 16.3. The molecule has 0 unspecified atom stereocenters. The summed E-state index contributed by atoms with van der Waals surface area (Å²) in [5, 5.41) is 15.0. The molecule has 0 aromatic heterocycles. The number of imide groups is 1. The van der Waals surface area contributed by atoms with Crippen molar-refractivity contribution in [3.05, 3.63) is 54.1 Å². The average molecular weight is 325 g/mol. The average Bonchev–Trinajstić information content (AvgIpc) is 2.73. The van der Waals surface area contributed by atoms with Crippen molar-refractivity contribution in [3.63, 3.8) is 0 Å². The summed E-state index contributed by atoms with van der Waals surface area (Å²) in [5.41, 5.74) is 1.67. The summed E-state index contributed by atoms with van der Waals surface area (Å²) < 4.78 is 0. The minimum atomic E-state index is -0.886. The first kappa shape index (κ1) is 15.9. The second-order valence-electron chi connectivity index (χ2n) is 6.23. The standard InChI is InChI=1S/C18H19N3O3/c1-18(2)16(23)20-17(24)21(18)11-12-5-3-4-6-15(12)19-13-7-9-14(22)10-8-13/h3-10,19,22H,11H2,1-2H3,(H,20,23,24). The predicted octanol–water partition coefficient (Wildman–Crippen LogP) is 2.97. The molecule has 6 nitrogen and oxygen atoms in total. The fraction of sp³-hybridized carbons (Fsp3) is 0.222. The molecule has 0 atom stereocenters. The third-order valence-electron chi connectivity index (χ3n) is 4.19. The molecule has 1 saturated heterocycles. The molecule has 0 saturated carbocycles. The third kappa shape index (κ3) is 2.90. The molecule has 0 spiro atoms. The van der Waals surface area contributed by atoms with Crippen LogP contribution >= 0.6 is 0 Å². The van der Waals surface area contributed by atoms with E-state index in [-0.39, 0.29) is 17.7 Å². The summed E-state index contributed by atoms with van der Waals surface area (Å²) in [6.45, 7) is 3.76. The van der Waals surface area contributed by atoms with E-state index >= 15 is 0 Å². The van der Waals surface area contributed by atoms with Gasteiger partial charge in [-0.15, -0.1) is 0 Å². The minimum absolute atomic E-state index is 0.197. The molecule has 3 rings (SSSR count). The molecule has 1 aliphatic rings. The molecule has 2 aromatic rings. The lowest BCUT2D eigenvalue weighted by Gasteiger charge is -2.28. The maximum absolute atomic E-state index is 12.1. The van der Waals surface area contributed by atoms with Crippen LogP contribution in [0.2, 0.25) is 0 Å². The van der Waals surface area contributed by atoms with Gasteiger partial charge in [0.25, 0.3) is 5.91 Å². The molecular formula is C18H19N3O3. The number of rotatable bonds is 4. The summed E-state index contributed by atoms with van der Waals surface area (Å²) in [6.07, 6.45) is 0. The van der Waals surface area contributed by atoms with Gasteiger partial charge in [-0.05, 0) is 49.7 Å². The highest BCUT2D eigenvalue weighted by molar-refractivity contribution is 6.06. The van der Waals surface area contributed by atoms with Crippen molar-refractivity contribution < 1.29 is 14.7 Å². The normalized spacial score (nSPS) is 16.2. The van der Waals surface area contributed by atoms with Gasteiger partial charge in [-0.1, -0.05) is 18.2 Å². The zero-order valence-corrected chi connectivity index (χ0v) is 13.5. The third-order valence-corrected chi connectivity index (χ3v) is 4.19. The van der Waals surface area contributed by atoms with Gasteiger partial charge in [-0.2, -0.15) is 0 Å². The van der Waals surface area contributed by atoms with Crippen molar-refractivity contribution in [1.82, 2.24) is 10.2 Å². The number of hydrogen-bond donors (Lipinski definition) is 3. The molecule has 124 valence electrons. The van der Waals surface area contributed by atoms with Crippen molar-refractivity contribution >= 4 is 23.3 Å². The Kier molecular flexibility index (Phi) is 3.89. The number of hydrogen-bond acceptors (Lipinski definition) is 4. The van der Waals surface area contributed by atoms with Crippen LogP contribution < -0.4 is 10.6 Å². The van der Waals surface area contributed by atoms with Gasteiger partial charge in [-0.25, -0.2) is 4.79 Å². The number of carbonyl (C=O) groups excluding carboxylic acids is 2. The number of aromatic hydroxyl groups is 1. The highest BCUT2D eigenvalue weighted by Gasteiger charge is 2.45. The molecule has 24 heavy (non-hydrogen) atoms. The first-order chi connectivity index (χ1) is 11.4. The molecule has 0 bridgehead atoms. The predicted molar refractivity (Wildman–Crippen MR) is 91.0 cm³/mol. The summed E-state index contributed by atoms with van der Waals surface area (Å²) in [7, 11) is 0. The molecule has 3 amide bonds. The molecular weight excluding hydrogens is 306 g/mol. The lowest BCUT2D eigenvalue weighted by atomic mass is 10.0. The molecule has 1 fully saturated rings. The number of benzene rings is 2. The summed E-state index contributed by atoms with van der Waals surface area (Å²) in [5.74, 6) is -0.0979. The van der Waals surface area contributed by atoms with E-state index in [1.807, 2.05) is 24.3 Å². The van der Waals surface area contributed by atoms with Gasteiger partial charge < -0.3 is 15.3 Å². The fourth-order valence-corrected chi connectivity index (χ4v) is 2.61. The van der Waals surface area contributed by atoms with Gasteiger partial charge in [0, 0.05) is 11.4 Å². The van der Waals surface area contributed by atoms with Gasteiger partial charge in [0.15, 0.2) is 0 Å². The summed E-state index contributed by atoms with van der Waals surface area (Å²) in [6, 6.07) is 13.9. The van der Waals surface area contributed by atoms with Crippen molar-refractivity contribution in [2.75, 3.05) is 5.32 Å². The number of anilines is 2. The maximum Gasteiger partial charge on any atom is 0.325 e. The number of phenolic OH excluding ortho intramolecular Hbond substituents is 1. The van der Waals surface area contributed by atoms with E-state index in [0.29, 0.717) is 6.54 Å². The van der Waals surface area contributed by atoms with E-state index in [4.69, 9.17) is 0 Å². The Hall–Kier alpha value is -3.02. The Labute approximate surface area is 140 Å². The molecule has 2 aromatic carbocycles. The van der Waals surface area contributed by atoms with E-state index in [1.165, 1.54) is 4.90 Å². The number of nitrogens with zero attached hydrogens (tertiary/aromatic N) is 1. The number of nitrogens with one attached hydrogen (secondary N) is 2. The minimum Gasteiger partial charge on any atom is -0.508 e. The number of carbonyl (C=O) groups is 2. The van der Waals surface area contributed by atoms with E-state index in [1.54, 1.807) is 38.1 Å². The van der Waals surface area contributed by atoms with E-state index < -0.39 is 5.54 Å². The van der Waals surface area contributed by atoms with Crippen LogP contribution in [0.4, 0.5) is 16.2 Å². The maximum atomic E-state index is 12.1. The Balaban J connectivity index is 1.86. The second kappa shape index (κ2) is 5.88. The van der Waals surface area contributed by atoms with E-state index in [0.717, 1.165) is 16.9 Å². The summed E-state index contributed by atoms with van der Waals surface area (Å²) >= 11 is 0. The highest BCUT2D eigenvalue weighted by Crippen LogP contribution is 2.28. The van der Waals surface area contributed by atoms with E-state index in [9.17, 15) is 14.7 Å². The molecule has 0 aliphatic carbocycles. The molecule has 0 radical (unpaired) electrons. The topological polar surface area (TPSA) is 81.7 Å². The van der Waals surface area contributed by atoms with Crippen molar-refractivity contribution in [3.8, 4) is 5.75 Å². The number of phenols is 1. The zero-order valence-electron chi connectivity index (χ0n) is 13.5. The van der Waals surface area contributed by atoms with E-state index in [2.05, 4.69) is 10.6 Å². The Bertz CT molecular complexity index is 784. The lowest BCUT2D eigenvalue weighted by molar-refractivity contribution is -0.125. The van der Waals surface area contributed by atoms with Crippen LogP contribution in [0.1, 0.15) is 19.4 Å². The van der Waals surface area contributed by atoms with Crippen LogP contribution in [0.25, 0.3) is 0 Å². The molecule has 1 heterocycles. The van der Waals surface area contributed by atoms with Gasteiger partial charge in [-0.3, -0.25) is 10.1 Å². The first-order valence-electron chi connectivity index (χ1n) is 7.65. The summed E-state index contributed by atoms with van der Waals surface area (Å²) in [4.78, 5) is 25.5. The van der Waals surface area contributed by atoms with Gasteiger partial charge >= 0.3 is 6.03 Å². The smallest absolute Gasteiger partial charge is 0.325 e. The van der Waals surface area contributed by atoms with Crippen LogP contribution in [0.3, 0.4) is 0 Å². The Morgan fingerprint density at radius 1 is 1.08 bits per heavy atom. The monoisotopic (exact) mass is 325 g/mol. The molecule has 6 heteroatoms. The zero-order chi connectivity index (χ0) is 17.3. The largest absolute Gasteiger partial charge is 0.508 e. The van der Waals surface area contributed by atoms with Crippen LogP contribution in [0.5, 0.6) is 5.75 Å². The molecule has 1 aliphatic heterocycles. The van der Waals surface area contributed by atoms with Crippen LogP contribution in [0, 0.1) is 0 Å². The van der Waals surface area contributed by atoms with Gasteiger partial charge in [0.1, 0.15) is 11.3 Å². The van der Waals surface area contributed by atoms with Crippen LogP contribution in [0.15, 0.2) is 48.5 Å². The van der Waals surface area contributed by atoms with Crippen LogP contribution in [-0.2, 0) is 11.3 Å². The van der Waals surface area contributed by atoms with Crippen LogP contribution in [-0.4, -0.2) is 27.5 Å². The van der Waals surface area contributed by atoms with Gasteiger partial charge in [0.2, 0.25) is 0 Å². The number of para-hydroxylation sites is 1. The lowest BCUT2D eigenvalue weighted by Crippen LogP contribution is -2.43. The van der Waals surface area contributed by atoms with Gasteiger partial charge in [0.05, 0.1) is 6.54 Å². The Morgan fingerprint density at radius 3 is 2.38 bits per heavy atom. The quantitative estimate of drug-likeness (QED) is 0.596. The van der Waals surface area contributed by atoms with Crippen molar-refractivity contribution in [2.45, 2.75) is 25.9 Å². The number of amides is 3. The SMILES string of the molecule is CC1(C)C(=O)NC(=O)N1Cc1ccccc1Nc1ccc(O)cc1. The van der Waals surface area contributed by atoms with Crippen molar-refractivity contribution in [2.24, 2.45) is 0 Å². The molecule has 3 N–H and O–H groups in total. The second-order valence-corrected chi connectivity index (χ2v) is 6.23. The number of urea groups is 1. The van der Waals surface area contributed by atoms with Crippen molar-refractivity contribution in [1.29, 1.82) is 0 Å². The fourth-order valence-electron chi connectivity index (χ4n) is 2.61. The Morgan fingerprint density at radius 2 is 1.75 bits per heavy atom.